The molecule has 1 aromatic rings. The van der Waals surface area contributed by atoms with E-state index in [1.165, 1.54) is 19.3 Å². The fourth-order valence-corrected chi connectivity index (χ4v) is 3.96. The van der Waals surface area contributed by atoms with Crippen LogP contribution in [0.15, 0.2) is 18.2 Å². The SMILES string of the molecule is COc1cc(CCO[C@H]2CCCC[C@@H]2N2CC[C@@H](O)C2)ccc1O. The first-order chi connectivity index (χ1) is 11.7. The number of likely N-dealkylation sites (tertiary alicyclic amines) is 1. The number of β-amino-alcohol motifs (C(OH)–C–C–N with tert-alkyl or cyclic N) is 1. The highest BCUT2D eigenvalue weighted by Gasteiger charge is 2.34. The number of phenolic OH excluding ortho intramolecular Hbond substituents is 1. The molecule has 1 aliphatic heterocycles. The Labute approximate surface area is 144 Å². The molecule has 5 nitrogen and oxygen atoms in total. The first-order valence-corrected chi connectivity index (χ1v) is 9.07. The van der Waals surface area contributed by atoms with Crippen LogP contribution in [0.4, 0.5) is 0 Å². The summed E-state index contributed by atoms with van der Waals surface area (Å²) in [6.07, 6.45) is 6.55. The van der Waals surface area contributed by atoms with Gasteiger partial charge in [0, 0.05) is 19.1 Å². The quantitative estimate of drug-likeness (QED) is 0.835. The third-order valence-electron chi connectivity index (χ3n) is 5.30. The summed E-state index contributed by atoms with van der Waals surface area (Å²) >= 11 is 0. The molecule has 1 saturated heterocycles. The second kappa shape index (κ2) is 8.19. The number of methoxy groups -OCH3 is 1. The highest BCUT2D eigenvalue weighted by Crippen LogP contribution is 2.29. The first-order valence-electron chi connectivity index (χ1n) is 9.07. The lowest BCUT2D eigenvalue weighted by Crippen LogP contribution is -2.46. The highest BCUT2D eigenvalue weighted by atomic mass is 16.5. The van der Waals surface area contributed by atoms with Crippen LogP contribution in [0.3, 0.4) is 0 Å². The molecule has 134 valence electrons. The maximum Gasteiger partial charge on any atom is 0.160 e. The third kappa shape index (κ3) is 4.21. The normalized spacial score (nSPS) is 28.2. The zero-order valence-electron chi connectivity index (χ0n) is 14.5. The average Bonchev–Trinajstić information content (AvgIpc) is 3.03. The number of aliphatic hydroxyl groups excluding tert-OH is 1. The van der Waals surface area contributed by atoms with Crippen LogP contribution in [0.1, 0.15) is 37.7 Å². The Balaban J connectivity index is 1.52. The second-order valence-electron chi connectivity index (χ2n) is 6.95. The van der Waals surface area contributed by atoms with E-state index in [0.717, 1.165) is 37.9 Å². The molecule has 3 atom stereocenters. The lowest BCUT2D eigenvalue weighted by atomic mass is 9.91. The molecule has 0 bridgehead atoms. The molecule has 1 saturated carbocycles. The zero-order valence-corrected chi connectivity index (χ0v) is 14.5. The van der Waals surface area contributed by atoms with E-state index >= 15 is 0 Å². The van der Waals surface area contributed by atoms with Crippen LogP contribution in [-0.4, -0.2) is 60.2 Å². The Bertz CT molecular complexity index is 536. The molecule has 1 heterocycles. The monoisotopic (exact) mass is 335 g/mol. The van der Waals surface area contributed by atoms with Gasteiger partial charge in [0.05, 0.1) is 25.9 Å². The first kappa shape index (κ1) is 17.5. The maximum absolute atomic E-state index is 9.80. The number of phenols is 1. The van der Waals surface area contributed by atoms with Gasteiger partial charge in [-0.3, -0.25) is 4.90 Å². The summed E-state index contributed by atoms with van der Waals surface area (Å²) in [7, 11) is 1.56. The van der Waals surface area contributed by atoms with Crippen LogP contribution >= 0.6 is 0 Å². The fourth-order valence-electron chi connectivity index (χ4n) is 3.96. The molecule has 2 aliphatic rings. The van der Waals surface area contributed by atoms with E-state index in [1.807, 2.05) is 12.1 Å². The van der Waals surface area contributed by atoms with Crippen molar-refractivity contribution in [2.45, 2.75) is 56.8 Å². The van der Waals surface area contributed by atoms with E-state index in [9.17, 15) is 10.2 Å². The van der Waals surface area contributed by atoms with Crippen LogP contribution in [0, 0.1) is 0 Å². The van der Waals surface area contributed by atoms with Crippen molar-refractivity contribution in [3.05, 3.63) is 23.8 Å². The Morgan fingerprint density at radius 3 is 2.79 bits per heavy atom. The van der Waals surface area contributed by atoms with Crippen molar-refractivity contribution in [3.8, 4) is 11.5 Å². The van der Waals surface area contributed by atoms with E-state index in [0.29, 0.717) is 18.4 Å². The van der Waals surface area contributed by atoms with Crippen LogP contribution in [0.2, 0.25) is 0 Å². The minimum Gasteiger partial charge on any atom is -0.504 e. The molecule has 0 amide bonds. The predicted molar refractivity (Wildman–Crippen MR) is 92.6 cm³/mol. The number of rotatable bonds is 6. The van der Waals surface area contributed by atoms with Gasteiger partial charge in [-0.1, -0.05) is 18.9 Å². The molecule has 5 heteroatoms. The molecule has 1 aromatic carbocycles. The molecular weight excluding hydrogens is 306 g/mol. The third-order valence-corrected chi connectivity index (χ3v) is 5.30. The van der Waals surface area contributed by atoms with Gasteiger partial charge in [0.2, 0.25) is 0 Å². The van der Waals surface area contributed by atoms with Crippen molar-refractivity contribution >= 4 is 0 Å². The van der Waals surface area contributed by atoms with E-state index in [-0.39, 0.29) is 18.0 Å². The number of benzene rings is 1. The van der Waals surface area contributed by atoms with Crippen LogP contribution in [-0.2, 0) is 11.2 Å². The summed E-state index contributed by atoms with van der Waals surface area (Å²) in [4.78, 5) is 2.41. The molecule has 3 rings (SSSR count). The highest BCUT2D eigenvalue weighted by molar-refractivity contribution is 5.41. The van der Waals surface area contributed by atoms with Crippen molar-refractivity contribution < 1.29 is 19.7 Å². The van der Waals surface area contributed by atoms with Gasteiger partial charge in [0.25, 0.3) is 0 Å². The summed E-state index contributed by atoms with van der Waals surface area (Å²) < 4.78 is 11.4. The minimum atomic E-state index is -0.169. The van der Waals surface area contributed by atoms with Gasteiger partial charge in [-0.2, -0.15) is 0 Å². The number of hydrogen-bond donors (Lipinski definition) is 2. The Kier molecular flexibility index (Phi) is 5.98. The van der Waals surface area contributed by atoms with Crippen molar-refractivity contribution in [2.75, 3.05) is 26.8 Å². The molecule has 0 unspecified atom stereocenters. The number of hydrogen-bond acceptors (Lipinski definition) is 5. The largest absolute Gasteiger partial charge is 0.504 e. The Morgan fingerprint density at radius 2 is 2.04 bits per heavy atom. The standard InChI is InChI=1S/C19H29NO4/c1-23-19-12-14(6-7-17(19)22)9-11-24-18-5-3-2-4-16(18)20-10-8-15(21)13-20/h6-7,12,15-16,18,21-22H,2-5,8-11,13H2,1H3/t15-,16+,18+/m1/s1. The lowest BCUT2D eigenvalue weighted by molar-refractivity contribution is -0.0316. The van der Waals surface area contributed by atoms with Gasteiger partial charge < -0.3 is 19.7 Å². The van der Waals surface area contributed by atoms with E-state index in [4.69, 9.17) is 9.47 Å². The molecule has 1 aliphatic carbocycles. The van der Waals surface area contributed by atoms with Crippen LogP contribution in [0.25, 0.3) is 0 Å². The van der Waals surface area contributed by atoms with Gasteiger partial charge in [0.15, 0.2) is 11.5 Å². The number of ether oxygens (including phenoxy) is 2. The fraction of sp³-hybridized carbons (Fsp3) is 0.684. The summed E-state index contributed by atoms with van der Waals surface area (Å²) in [6, 6.07) is 5.90. The van der Waals surface area contributed by atoms with Gasteiger partial charge in [-0.05, 0) is 43.4 Å². The van der Waals surface area contributed by atoms with E-state index in [1.54, 1.807) is 13.2 Å². The Morgan fingerprint density at radius 1 is 1.21 bits per heavy atom. The summed E-state index contributed by atoms with van der Waals surface area (Å²) in [5.41, 5.74) is 1.11. The molecule has 24 heavy (non-hydrogen) atoms. The van der Waals surface area contributed by atoms with Crippen molar-refractivity contribution in [3.63, 3.8) is 0 Å². The van der Waals surface area contributed by atoms with E-state index < -0.39 is 0 Å². The van der Waals surface area contributed by atoms with Crippen molar-refractivity contribution in [1.82, 2.24) is 4.90 Å². The summed E-state index contributed by atoms with van der Waals surface area (Å²) in [6.45, 7) is 2.45. The second-order valence-corrected chi connectivity index (χ2v) is 6.95. The molecular formula is C19H29NO4. The smallest absolute Gasteiger partial charge is 0.160 e. The molecule has 2 fully saturated rings. The molecule has 0 aromatic heterocycles. The lowest BCUT2D eigenvalue weighted by Gasteiger charge is -2.37. The average molecular weight is 335 g/mol. The Hall–Kier alpha value is -1.30. The molecule has 2 N–H and O–H groups in total. The number of nitrogens with zero attached hydrogens (tertiary/aromatic N) is 1. The van der Waals surface area contributed by atoms with Gasteiger partial charge in [-0.25, -0.2) is 0 Å². The topological polar surface area (TPSA) is 62.2 Å². The number of aliphatic hydroxyl groups is 1. The minimum absolute atomic E-state index is 0.169. The predicted octanol–water partition coefficient (Wildman–Crippen LogP) is 2.34. The van der Waals surface area contributed by atoms with Crippen molar-refractivity contribution in [1.29, 1.82) is 0 Å². The van der Waals surface area contributed by atoms with Gasteiger partial charge in [-0.15, -0.1) is 0 Å². The van der Waals surface area contributed by atoms with Crippen LogP contribution in [0.5, 0.6) is 11.5 Å². The number of aromatic hydroxyl groups is 1. The van der Waals surface area contributed by atoms with Gasteiger partial charge >= 0.3 is 0 Å². The summed E-state index contributed by atoms with van der Waals surface area (Å²) in [5, 5.41) is 19.5. The summed E-state index contributed by atoms with van der Waals surface area (Å²) in [5.74, 6) is 0.677. The zero-order chi connectivity index (χ0) is 16.9. The van der Waals surface area contributed by atoms with Crippen molar-refractivity contribution in [2.24, 2.45) is 0 Å². The molecule has 0 spiro atoms. The maximum atomic E-state index is 9.80. The van der Waals surface area contributed by atoms with Crippen LogP contribution < -0.4 is 4.74 Å². The van der Waals surface area contributed by atoms with E-state index in [2.05, 4.69) is 4.90 Å². The van der Waals surface area contributed by atoms with Gasteiger partial charge in [0.1, 0.15) is 0 Å². The molecule has 0 radical (unpaired) electrons.